The van der Waals surface area contributed by atoms with Gasteiger partial charge in [-0.3, -0.25) is 0 Å². The van der Waals surface area contributed by atoms with Gasteiger partial charge in [0.2, 0.25) is 0 Å². The molecule has 1 nitrogen and oxygen atoms in total. The van der Waals surface area contributed by atoms with Crippen molar-refractivity contribution in [2.75, 3.05) is 25.1 Å². The molecule has 0 spiro atoms. The van der Waals surface area contributed by atoms with Gasteiger partial charge < -0.3 is 5.32 Å². The van der Waals surface area contributed by atoms with Gasteiger partial charge in [-0.2, -0.15) is 11.8 Å². The second kappa shape index (κ2) is 8.41. The van der Waals surface area contributed by atoms with Crippen molar-refractivity contribution in [3.05, 3.63) is 0 Å². The molecule has 1 N–H and O–H groups in total. The predicted octanol–water partition coefficient (Wildman–Crippen LogP) is 2.38. The van der Waals surface area contributed by atoms with E-state index in [4.69, 9.17) is 0 Å². The number of rotatable bonds is 7. The molecule has 2 heteroatoms. The van der Waals surface area contributed by atoms with Gasteiger partial charge in [0.25, 0.3) is 0 Å². The van der Waals surface area contributed by atoms with Gasteiger partial charge in [0.05, 0.1) is 0 Å². The molecule has 0 rings (SSSR count). The fraction of sp³-hybridized carbons (Fsp3) is 1.00. The molecule has 0 bridgehead atoms. The summed E-state index contributed by atoms with van der Waals surface area (Å²) in [5, 5.41) is 3.44. The molecule has 0 aromatic rings. The molecule has 0 atom stereocenters. The standard InChI is InChI=1S/C9H21NS/c1-9(2)5-7-10-6-4-8-11-3/h9-10H,4-8H2,1-3H3. The van der Waals surface area contributed by atoms with Crippen LogP contribution < -0.4 is 5.32 Å². The molecule has 0 saturated heterocycles. The van der Waals surface area contributed by atoms with Crippen molar-refractivity contribution < 1.29 is 0 Å². The van der Waals surface area contributed by atoms with Gasteiger partial charge in [0.15, 0.2) is 0 Å². The van der Waals surface area contributed by atoms with Crippen molar-refractivity contribution in [3.63, 3.8) is 0 Å². The summed E-state index contributed by atoms with van der Waals surface area (Å²) in [6.07, 6.45) is 4.77. The second-order valence-electron chi connectivity index (χ2n) is 3.28. The van der Waals surface area contributed by atoms with Crippen LogP contribution >= 0.6 is 11.8 Å². The molecule has 0 fully saturated rings. The molecule has 0 saturated carbocycles. The van der Waals surface area contributed by atoms with E-state index in [0.29, 0.717) is 0 Å². The van der Waals surface area contributed by atoms with Crippen LogP contribution in [0.3, 0.4) is 0 Å². The molecule has 0 aliphatic carbocycles. The first-order valence-corrected chi connectivity index (χ1v) is 5.86. The molecule has 11 heavy (non-hydrogen) atoms. The van der Waals surface area contributed by atoms with Gasteiger partial charge in [0.1, 0.15) is 0 Å². The molecule has 68 valence electrons. The fourth-order valence-corrected chi connectivity index (χ4v) is 1.29. The average Bonchev–Trinajstić information content (AvgIpc) is 1.96. The third-order valence-corrected chi connectivity index (χ3v) is 2.30. The summed E-state index contributed by atoms with van der Waals surface area (Å²) in [7, 11) is 0. The summed E-state index contributed by atoms with van der Waals surface area (Å²) in [6, 6.07) is 0. The minimum Gasteiger partial charge on any atom is -0.317 e. The number of nitrogens with one attached hydrogen (secondary N) is 1. The zero-order valence-electron chi connectivity index (χ0n) is 8.02. The van der Waals surface area contributed by atoms with Gasteiger partial charge in [-0.1, -0.05) is 13.8 Å². The van der Waals surface area contributed by atoms with E-state index in [1.807, 2.05) is 11.8 Å². The Bertz CT molecular complexity index is 74.0. The topological polar surface area (TPSA) is 12.0 Å². The maximum absolute atomic E-state index is 3.44. The maximum Gasteiger partial charge on any atom is -0.00411 e. The predicted molar refractivity (Wildman–Crippen MR) is 55.3 cm³/mol. The van der Waals surface area contributed by atoms with Crippen LogP contribution in [-0.4, -0.2) is 25.1 Å². The summed E-state index contributed by atoms with van der Waals surface area (Å²) in [5.41, 5.74) is 0. The van der Waals surface area contributed by atoms with Gasteiger partial charge in [-0.25, -0.2) is 0 Å². The second-order valence-corrected chi connectivity index (χ2v) is 4.26. The summed E-state index contributed by atoms with van der Waals surface area (Å²) >= 11 is 1.93. The third kappa shape index (κ3) is 10.3. The van der Waals surface area contributed by atoms with Crippen LogP contribution in [0.25, 0.3) is 0 Å². The summed E-state index contributed by atoms with van der Waals surface area (Å²) in [4.78, 5) is 0. The van der Waals surface area contributed by atoms with E-state index in [1.165, 1.54) is 31.7 Å². The molecule has 0 amide bonds. The van der Waals surface area contributed by atoms with Crippen molar-refractivity contribution in [3.8, 4) is 0 Å². The van der Waals surface area contributed by atoms with Gasteiger partial charge in [-0.05, 0) is 43.9 Å². The minimum absolute atomic E-state index is 0.836. The van der Waals surface area contributed by atoms with Crippen LogP contribution in [-0.2, 0) is 0 Å². The van der Waals surface area contributed by atoms with E-state index in [1.54, 1.807) is 0 Å². The normalized spacial score (nSPS) is 10.9. The maximum atomic E-state index is 3.44. The van der Waals surface area contributed by atoms with Crippen LogP contribution in [0.1, 0.15) is 26.7 Å². The zero-order chi connectivity index (χ0) is 8.53. The highest BCUT2D eigenvalue weighted by Gasteiger charge is 1.92. The first-order valence-electron chi connectivity index (χ1n) is 4.47. The SMILES string of the molecule is CSCCCNCCC(C)C. The van der Waals surface area contributed by atoms with E-state index in [-0.39, 0.29) is 0 Å². The lowest BCUT2D eigenvalue weighted by atomic mass is 10.1. The molecule has 0 aliphatic rings. The Balaban J connectivity index is 2.80. The lowest BCUT2D eigenvalue weighted by Crippen LogP contribution is -2.18. The Morgan fingerprint density at radius 1 is 1.27 bits per heavy atom. The van der Waals surface area contributed by atoms with Crippen molar-refractivity contribution >= 4 is 11.8 Å². The van der Waals surface area contributed by atoms with Crippen molar-refractivity contribution in [1.29, 1.82) is 0 Å². The fourth-order valence-electron chi connectivity index (χ4n) is 0.857. The van der Waals surface area contributed by atoms with E-state index < -0.39 is 0 Å². The lowest BCUT2D eigenvalue weighted by molar-refractivity contribution is 0.537. The number of hydrogen-bond donors (Lipinski definition) is 1. The highest BCUT2D eigenvalue weighted by molar-refractivity contribution is 7.98. The molecular formula is C9H21NS. The van der Waals surface area contributed by atoms with Crippen molar-refractivity contribution in [2.24, 2.45) is 5.92 Å². The van der Waals surface area contributed by atoms with E-state index in [0.717, 1.165) is 5.92 Å². The smallest absolute Gasteiger partial charge is 0.00411 e. The number of thioether (sulfide) groups is 1. The molecule has 0 aromatic carbocycles. The van der Waals surface area contributed by atoms with Gasteiger partial charge in [-0.15, -0.1) is 0 Å². The molecule has 0 aliphatic heterocycles. The van der Waals surface area contributed by atoms with E-state index in [2.05, 4.69) is 25.4 Å². The van der Waals surface area contributed by atoms with Gasteiger partial charge >= 0.3 is 0 Å². The number of hydrogen-bond acceptors (Lipinski definition) is 2. The summed E-state index contributed by atoms with van der Waals surface area (Å²) < 4.78 is 0. The molecule has 0 radical (unpaired) electrons. The van der Waals surface area contributed by atoms with Crippen molar-refractivity contribution in [1.82, 2.24) is 5.32 Å². The van der Waals surface area contributed by atoms with Crippen molar-refractivity contribution in [2.45, 2.75) is 26.7 Å². The summed E-state index contributed by atoms with van der Waals surface area (Å²) in [5.74, 6) is 2.12. The Morgan fingerprint density at radius 2 is 2.00 bits per heavy atom. The molecule has 0 heterocycles. The Labute approximate surface area is 75.3 Å². The summed E-state index contributed by atoms with van der Waals surface area (Å²) in [6.45, 7) is 6.91. The van der Waals surface area contributed by atoms with E-state index in [9.17, 15) is 0 Å². The molecule has 0 unspecified atom stereocenters. The highest BCUT2D eigenvalue weighted by atomic mass is 32.2. The first-order chi connectivity index (χ1) is 5.27. The van der Waals surface area contributed by atoms with Crippen LogP contribution in [0.5, 0.6) is 0 Å². The Kier molecular flexibility index (Phi) is 8.64. The largest absolute Gasteiger partial charge is 0.317 e. The molecule has 0 aromatic heterocycles. The van der Waals surface area contributed by atoms with Crippen LogP contribution in [0.4, 0.5) is 0 Å². The third-order valence-electron chi connectivity index (χ3n) is 1.60. The average molecular weight is 175 g/mol. The Hall–Kier alpha value is 0.310. The van der Waals surface area contributed by atoms with Crippen LogP contribution in [0.15, 0.2) is 0 Å². The highest BCUT2D eigenvalue weighted by Crippen LogP contribution is 1.97. The first kappa shape index (κ1) is 11.3. The van der Waals surface area contributed by atoms with E-state index >= 15 is 0 Å². The quantitative estimate of drug-likeness (QED) is 0.596. The Morgan fingerprint density at radius 3 is 2.55 bits per heavy atom. The zero-order valence-corrected chi connectivity index (χ0v) is 8.84. The van der Waals surface area contributed by atoms with Crippen LogP contribution in [0, 0.1) is 5.92 Å². The van der Waals surface area contributed by atoms with Gasteiger partial charge in [0, 0.05) is 0 Å². The molecular weight excluding hydrogens is 154 g/mol. The lowest BCUT2D eigenvalue weighted by Gasteiger charge is -2.05. The van der Waals surface area contributed by atoms with Crippen LogP contribution in [0.2, 0.25) is 0 Å². The monoisotopic (exact) mass is 175 g/mol. The minimum atomic E-state index is 0.836.